The lowest BCUT2D eigenvalue weighted by atomic mass is 9.99. The Balaban J connectivity index is 2.15. The maximum absolute atomic E-state index is 10.8. The molecule has 0 aromatic carbocycles. The van der Waals surface area contributed by atoms with Crippen LogP contribution in [-0.4, -0.2) is 17.7 Å². The van der Waals surface area contributed by atoms with Crippen LogP contribution in [0.15, 0.2) is 10.6 Å². The SMILES string of the molecule is CC(=O)Nc1cc(C2(C)CCCO2)no1. The maximum Gasteiger partial charge on any atom is 0.231 e. The van der Waals surface area contributed by atoms with Gasteiger partial charge in [-0.15, -0.1) is 0 Å². The summed E-state index contributed by atoms with van der Waals surface area (Å²) in [4.78, 5) is 10.8. The molecule has 2 heterocycles. The third-order valence-electron chi connectivity index (χ3n) is 2.57. The number of nitrogens with one attached hydrogen (secondary N) is 1. The number of rotatable bonds is 2. The van der Waals surface area contributed by atoms with Crippen LogP contribution in [0.5, 0.6) is 0 Å². The van der Waals surface area contributed by atoms with Crippen LogP contribution in [0.4, 0.5) is 5.88 Å². The van der Waals surface area contributed by atoms with Crippen LogP contribution in [0, 0.1) is 0 Å². The molecule has 1 amide bonds. The summed E-state index contributed by atoms with van der Waals surface area (Å²) in [5.74, 6) is 0.199. The number of ether oxygens (including phenoxy) is 1. The zero-order chi connectivity index (χ0) is 10.9. The van der Waals surface area contributed by atoms with E-state index in [2.05, 4.69) is 10.5 Å². The molecule has 82 valence electrons. The lowest BCUT2D eigenvalue weighted by molar-refractivity contribution is -0.114. The molecule has 1 N–H and O–H groups in total. The Morgan fingerprint density at radius 3 is 3.07 bits per heavy atom. The molecule has 1 atom stereocenters. The Morgan fingerprint density at radius 2 is 2.47 bits per heavy atom. The summed E-state index contributed by atoms with van der Waals surface area (Å²) >= 11 is 0. The quantitative estimate of drug-likeness (QED) is 0.806. The molecule has 1 aromatic heterocycles. The molecule has 0 spiro atoms. The maximum atomic E-state index is 10.8. The minimum atomic E-state index is -0.361. The van der Waals surface area contributed by atoms with Gasteiger partial charge in [0.1, 0.15) is 11.3 Å². The van der Waals surface area contributed by atoms with Crippen molar-refractivity contribution < 1.29 is 14.1 Å². The number of hydrogen-bond donors (Lipinski definition) is 1. The second-order valence-electron chi connectivity index (χ2n) is 3.94. The van der Waals surface area contributed by atoms with Gasteiger partial charge in [0, 0.05) is 19.6 Å². The van der Waals surface area contributed by atoms with E-state index >= 15 is 0 Å². The van der Waals surface area contributed by atoms with E-state index in [1.807, 2.05) is 6.92 Å². The fourth-order valence-corrected chi connectivity index (χ4v) is 1.74. The summed E-state index contributed by atoms with van der Waals surface area (Å²) in [6.07, 6.45) is 1.96. The molecule has 15 heavy (non-hydrogen) atoms. The number of anilines is 1. The van der Waals surface area contributed by atoms with Crippen molar-refractivity contribution >= 4 is 11.8 Å². The van der Waals surface area contributed by atoms with Crippen molar-refractivity contribution in [2.45, 2.75) is 32.3 Å². The standard InChI is InChI=1S/C10H14N2O3/c1-7(13)11-9-6-8(12-15-9)10(2)4-3-5-14-10/h6H,3-5H2,1-2H3,(H,11,13). The van der Waals surface area contributed by atoms with Gasteiger partial charge in [-0.25, -0.2) is 0 Å². The van der Waals surface area contributed by atoms with Gasteiger partial charge >= 0.3 is 0 Å². The molecule has 0 aliphatic carbocycles. The lowest BCUT2D eigenvalue weighted by Crippen LogP contribution is -2.20. The van der Waals surface area contributed by atoms with Crippen LogP contribution in [0.25, 0.3) is 0 Å². The van der Waals surface area contributed by atoms with Gasteiger partial charge in [-0.3, -0.25) is 10.1 Å². The van der Waals surface area contributed by atoms with Crippen molar-refractivity contribution in [3.63, 3.8) is 0 Å². The third-order valence-corrected chi connectivity index (χ3v) is 2.57. The van der Waals surface area contributed by atoms with Crippen molar-refractivity contribution in [2.75, 3.05) is 11.9 Å². The highest BCUT2D eigenvalue weighted by molar-refractivity contribution is 5.87. The average Bonchev–Trinajstić information content (AvgIpc) is 2.74. The van der Waals surface area contributed by atoms with Crippen LogP contribution in [0.2, 0.25) is 0 Å². The van der Waals surface area contributed by atoms with Gasteiger partial charge in [0.25, 0.3) is 0 Å². The molecule has 1 aliphatic heterocycles. The van der Waals surface area contributed by atoms with E-state index in [0.717, 1.165) is 25.1 Å². The number of hydrogen-bond acceptors (Lipinski definition) is 4. The second kappa shape index (κ2) is 3.66. The summed E-state index contributed by atoms with van der Waals surface area (Å²) in [6, 6.07) is 1.72. The van der Waals surface area contributed by atoms with Crippen molar-refractivity contribution in [2.24, 2.45) is 0 Å². The largest absolute Gasteiger partial charge is 0.369 e. The minimum Gasteiger partial charge on any atom is -0.369 e. The van der Waals surface area contributed by atoms with E-state index in [-0.39, 0.29) is 11.5 Å². The fourth-order valence-electron chi connectivity index (χ4n) is 1.74. The van der Waals surface area contributed by atoms with Crippen LogP contribution in [0.3, 0.4) is 0 Å². The highest BCUT2D eigenvalue weighted by Crippen LogP contribution is 2.35. The second-order valence-corrected chi connectivity index (χ2v) is 3.94. The number of carbonyl (C=O) groups excluding carboxylic acids is 1. The van der Waals surface area contributed by atoms with Crippen LogP contribution < -0.4 is 5.32 Å². The van der Waals surface area contributed by atoms with E-state index in [0.29, 0.717) is 5.88 Å². The lowest BCUT2D eigenvalue weighted by Gasteiger charge is -2.18. The van der Waals surface area contributed by atoms with Crippen LogP contribution in [-0.2, 0) is 15.1 Å². The van der Waals surface area contributed by atoms with Crippen molar-refractivity contribution in [1.29, 1.82) is 0 Å². The topological polar surface area (TPSA) is 64.4 Å². The van der Waals surface area contributed by atoms with E-state index in [4.69, 9.17) is 9.26 Å². The van der Waals surface area contributed by atoms with Crippen molar-refractivity contribution in [3.8, 4) is 0 Å². The Kier molecular flexibility index (Phi) is 2.48. The van der Waals surface area contributed by atoms with Gasteiger partial charge in [-0.1, -0.05) is 5.16 Å². The van der Waals surface area contributed by atoms with Crippen molar-refractivity contribution in [1.82, 2.24) is 5.16 Å². The van der Waals surface area contributed by atoms with E-state index < -0.39 is 0 Å². The number of carbonyl (C=O) groups is 1. The van der Waals surface area contributed by atoms with E-state index in [1.165, 1.54) is 6.92 Å². The van der Waals surface area contributed by atoms with E-state index in [1.54, 1.807) is 6.07 Å². The van der Waals surface area contributed by atoms with Gasteiger partial charge in [-0.05, 0) is 19.8 Å². The van der Waals surface area contributed by atoms with Gasteiger partial charge in [0.2, 0.25) is 11.8 Å². The monoisotopic (exact) mass is 210 g/mol. The molecule has 1 saturated heterocycles. The molecule has 5 heteroatoms. The Bertz CT molecular complexity index is 366. The summed E-state index contributed by atoms with van der Waals surface area (Å²) in [7, 11) is 0. The molecule has 0 bridgehead atoms. The zero-order valence-electron chi connectivity index (χ0n) is 8.87. The first-order valence-corrected chi connectivity index (χ1v) is 4.99. The molecule has 0 radical (unpaired) electrons. The summed E-state index contributed by atoms with van der Waals surface area (Å²) in [5, 5.41) is 6.45. The summed E-state index contributed by atoms with van der Waals surface area (Å²) in [5.41, 5.74) is 0.379. The molecule has 1 aromatic rings. The Morgan fingerprint density at radius 1 is 1.67 bits per heavy atom. The minimum absolute atomic E-state index is 0.171. The fraction of sp³-hybridized carbons (Fsp3) is 0.600. The van der Waals surface area contributed by atoms with Gasteiger partial charge < -0.3 is 9.26 Å². The molecule has 0 saturated carbocycles. The van der Waals surface area contributed by atoms with E-state index in [9.17, 15) is 4.79 Å². The van der Waals surface area contributed by atoms with Gasteiger partial charge in [0.15, 0.2) is 0 Å². The molecular formula is C10H14N2O3. The molecule has 1 aliphatic rings. The Labute approximate surface area is 87.8 Å². The normalized spacial score (nSPS) is 25.5. The summed E-state index contributed by atoms with van der Waals surface area (Å²) in [6.45, 7) is 4.16. The predicted molar refractivity (Wildman–Crippen MR) is 53.3 cm³/mol. The first-order valence-electron chi connectivity index (χ1n) is 4.99. The summed E-state index contributed by atoms with van der Waals surface area (Å²) < 4.78 is 10.6. The molecular weight excluding hydrogens is 196 g/mol. The number of amides is 1. The highest BCUT2D eigenvalue weighted by atomic mass is 16.5. The predicted octanol–water partition coefficient (Wildman–Crippen LogP) is 1.66. The molecule has 1 fully saturated rings. The Hall–Kier alpha value is -1.36. The smallest absolute Gasteiger partial charge is 0.231 e. The molecule has 1 unspecified atom stereocenters. The number of aromatic nitrogens is 1. The van der Waals surface area contributed by atoms with Crippen molar-refractivity contribution in [3.05, 3.63) is 11.8 Å². The number of nitrogens with zero attached hydrogens (tertiary/aromatic N) is 1. The molecule has 2 rings (SSSR count). The first-order chi connectivity index (χ1) is 7.10. The van der Waals surface area contributed by atoms with Crippen LogP contribution >= 0.6 is 0 Å². The highest BCUT2D eigenvalue weighted by Gasteiger charge is 2.35. The van der Waals surface area contributed by atoms with Gasteiger partial charge in [0.05, 0.1) is 0 Å². The molecule has 5 nitrogen and oxygen atoms in total. The van der Waals surface area contributed by atoms with Crippen LogP contribution in [0.1, 0.15) is 32.4 Å². The van der Waals surface area contributed by atoms with Gasteiger partial charge in [-0.2, -0.15) is 0 Å². The first kappa shape index (κ1) is 10.2. The zero-order valence-corrected chi connectivity index (χ0v) is 8.87. The third kappa shape index (κ3) is 2.02. The average molecular weight is 210 g/mol.